The van der Waals surface area contributed by atoms with Gasteiger partial charge in [-0.2, -0.15) is 0 Å². The molecule has 2 aromatic rings. The highest BCUT2D eigenvalue weighted by atomic mass is 32.1. The molecule has 0 saturated heterocycles. The number of esters is 1. The van der Waals surface area contributed by atoms with Crippen molar-refractivity contribution in [3.8, 4) is 0 Å². The number of hydrogen-bond donors (Lipinski definition) is 0. The first kappa shape index (κ1) is 9.21. The zero-order valence-electron chi connectivity index (χ0n) is 7.77. The molecular formula is C9H10N2O2S. The number of imidazole rings is 1. The molecule has 0 amide bonds. The molecule has 0 unspecified atom stereocenters. The average Bonchev–Trinajstić information content (AvgIpc) is 2.63. The van der Waals surface area contributed by atoms with Crippen molar-refractivity contribution in [1.29, 1.82) is 0 Å². The Morgan fingerprint density at radius 3 is 3.29 bits per heavy atom. The summed E-state index contributed by atoms with van der Waals surface area (Å²) in [6, 6.07) is 0. The van der Waals surface area contributed by atoms with Gasteiger partial charge in [-0.3, -0.25) is 9.20 Å². The van der Waals surface area contributed by atoms with Crippen molar-refractivity contribution in [2.75, 3.05) is 6.61 Å². The smallest absolute Gasteiger partial charge is 0.311 e. The van der Waals surface area contributed by atoms with Crippen LogP contribution in [-0.4, -0.2) is 22.0 Å². The van der Waals surface area contributed by atoms with Crippen molar-refractivity contribution < 1.29 is 9.53 Å². The SMILES string of the molecule is CCOC(=O)Cc1cn2ccnc2s1. The number of fused-ring (bicyclic) bond motifs is 1. The largest absolute Gasteiger partial charge is 0.466 e. The lowest BCUT2D eigenvalue weighted by Crippen LogP contribution is -2.06. The van der Waals surface area contributed by atoms with Crippen LogP contribution in [0.25, 0.3) is 4.96 Å². The molecule has 74 valence electrons. The summed E-state index contributed by atoms with van der Waals surface area (Å²) in [7, 11) is 0. The maximum absolute atomic E-state index is 11.2. The number of aromatic nitrogens is 2. The van der Waals surface area contributed by atoms with Crippen LogP contribution in [-0.2, 0) is 16.0 Å². The highest BCUT2D eigenvalue weighted by Crippen LogP contribution is 2.16. The maximum atomic E-state index is 11.2. The van der Waals surface area contributed by atoms with Crippen LogP contribution < -0.4 is 0 Å². The fourth-order valence-electron chi connectivity index (χ4n) is 1.21. The van der Waals surface area contributed by atoms with E-state index in [4.69, 9.17) is 4.74 Å². The van der Waals surface area contributed by atoms with E-state index < -0.39 is 0 Å². The molecule has 0 bridgehead atoms. The summed E-state index contributed by atoms with van der Waals surface area (Å²) in [6.45, 7) is 2.24. The van der Waals surface area contributed by atoms with Crippen molar-refractivity contribution in [2.24, 2.45) is 0 Å². The van der Waals surface area contributed by atoms with E-state index in [9.17, 15) is 4.79 Å². The third-order valence-corrected chi connectivity index (χ3v) is 2.77. The second-order valence-corrected chi connectivity index (χ2v) is 3.89. The molecule has 0 aliphatic carbocycles. The minimum absolute atomic E-state index is 0.183. The Morgan fingerprint density at radius 1 is 1.71 bits per heavy atom. The lowest BCUT2D eigenvalue weighted by molar-refractivity contribution is -0.142. The maximum Gasteiger partial charge on any atom is 0.311 e. The van der Waals surface area contributed by atoms with Gasteiger partial charge >= 0.3 is 5.97 Å². The van der Waals surface area contributed by atoms with E-state index >= 15 is 0 Å². The van der Waals surface area contributed by atoms with E-state index in [1.807, 2.05) is 16.8 Å². The number of rotatable bonds is 3. The molecule has 0 aromatic carbocycles. The summed E-state index contributed by atoms with van der Waals surface area (Å²) in [5, 5.41) is 0. The minimum atomic E-state index is -0.183. The number of thiazole rings is 1. The monoisotopic (exact) mass is 210 g/mol. The first-order chi connectivity index (χ1) is 6.79. The predicted molar refractivity (Wildman–Crippen MR) is 53.4 cm³/mol. The van der Waals surface area contributed by atoms with E-state index in [0.717, 1.165) is 9.84 Å². The van der Waals surface area contributed by atoms with Crippen molar-refractivity contribution >= 4 is 22.3 Å². The fraction of sp³-hybridized carbons (Fsp3) is 0.333. The van der Waals surface area contributed by atoms with Crippen molar-refractivity contribution in [3.63, 3.8) is 0 Å². The number of nitrogens with zero attached hydrogens (tertiary/aromatic N) is 2. The molecule has 0 radical (unpaired) electrons. The van der Waals surface area contributed by atoms with Crippen LogP contribution >= 0.6 is 11.3 Å². The van der Waals surface area contributed by atoms with Gasteiger partial charge in [0.1, 0.15) is 0 Å². The Balaban J connectivity index is 2.11. The Hall–Kier alpha value is -1.36. The summed E-state index contributed by atoms with van der Waals surface area (Å²) in [6.07, 6.45) is 5.84. The fourth-order valence-corrected chi connectivity index (χ4v) is 2.13. The van der Waals surface area contributed by atoms with Crippen LogP contribution in [0.3, 0.4) is 0 Å². The van der Waals surface area contributed by atoms with Gasteiger partial charge in [0.25, 0.3) is 0 Å². The van der Waals surface area contributed by atoms with Gasteiger partial charge in [0.05, 0.1) is 13.0 Å². The minimum Gasteiger partial charge on any atom is -0.466 e. The standard InChI is InChI=1S/C9H10N2O2S/c1-2-13-8(12)5-7-6-11-4-3-10-9(11)14-7/h3-4,6H,2,5H2,1H3. The lowest BCUT2D eigenvalue weighted by Gasteiger charge is -1.97. The van der Waals surface area contributed by atoms with E-state index in [1.54, 1.807) is 13.1 Å². The lowest BCUT2D eigenvalue weighted by atomic mass is 10.4. The highest BCUT2D eigenvalue weighted by molar-refractivity contribution is 7.17. The quantitative estimate of drug-likeness (QED) is 0.721. The molecule has 0 aliphatic rings. The number of carbonyl (C=O) groups is 1. The summed E-state index contributed by atoms with van der Waals surface area (Å²) in [5.41, 5.74) is 0. The van der Waals surface area contributed by atoms with Crippen molar-refractivity contribution in [3.05, 3.63) is 23.5 Å². The Bertz CT molecular complexity index is 418. The van der Waals surface area contributed by atoms with Crippen LogP contribution in [0.15, 0.2) is 18.6 Å². The average molecular weight is 210 g/mol. The Labute approximate surface area is 85.1 Å². The molecule has 4 nitrogen and oxygen atoms in total. The van der Waals surface area contributed by atoms with Crippen molar-refractivity contribution in [1.82, 2.24) is 9.38 Å². The highest BCUT2D eigenvalue weighted by Gasteiger charge is 2.07. The van der Waals surface area contributed by atoms with Gasteiger partial charge in [-0.25, -0.2) is 4.98 Å². The third kappa shape index (κ3) is 1.77. The van der Waals surface area contributed by atoms with Crippen LogP contribution in [0.4, 0.5) is 0 Å². The molecule has 5 heteroatoms. The van der Waals surface area contributed by atoms with Crippen LogP contribution in [0.1, 0.15) is 11.8 Å². The topological polar surface area (TPSA) is 43.6 Å². The second kappa shape index (κ2) is 3.79. The van der Waals surface area contributed by atoms with Gasteiger partial charge in [-0.15, -0.1) is 11.3 Å². The molecule has 0 saturated carbocycles. The van der Waals surface area contributed by atoms with E-state index in [-0.39, 0.29) is 5.97 Å². The van der Waals surface area contributed by atoms with Crippen LogP contribution in [0, 0.1) is 0 Å². The molecule has 2 heterocycles. The number of hydrogen-bond acceptors (Lipinski definition) is 4. The van der Waals surface area contributed by atoms with E-state index in [1.165, 1.54) is 11.3 Å². The normalized spacial score (nSPS) is 10.6. The molecule has 0 atom stereocenters. The number of carbonyl (C=O) groups excluding carboxylic acids is 1. The van der Waals surface area contributed by atoms with Gasteiger partial charge in [-0.1, -0.05) is 0 Å². The van der Waals surface area contributed by atoms with Gasteiger partial charge in [-0.05, 0) is 6.92 Å². The molecule has 0 N–H and O–H groups in total. The molecule has 0 aliphatic heterocycles. The zero-order chi connectivity index (χ0) is 9.97. The first-order valence-electron chi connectivity index (χ1n) is 4.36. The summed E-state index contributed by atoms with van der Waals surface area (Å²) in [4.78, 5) is 17.2. The Kier molecular flexibility index (Phi) is 2.49. The molecule has 2 rings (SSSR count). The molecule has 0 spiro atoms. The Morgan fingerprint density at radius 2 is 2.57 bits per heavy atom. The molecular weight excluding hydrogens is 200 g/mol. The predicted octanol–water partition coefficient (Wildman–Crippen LogP) is 1.50. The van der Waals surface area contributed by atoms with Crippen LogP contribution in [0.2, 0.25) is 0 Å². The molecule has 0 fully saturated rings. The third-order valence-electron chi connectivity index (χ3n) is 1.76. The van der Waals surface area contributed by atoms with Gasteiger partial charge in [0.15, 0.2) is 4.96 Å². The first-order valence-corrected chi connectivity index (χ1v) is 5.18. The van der Waals surface area contributed by atoms with Crippen LogP contribution in [0.5, 0.6) is 0 Å². The van der Waals surface area contributed by atoms with E-state index in [0.29, 0.717) is 13.0 Å². The molecule has 2 aromatic heterocycles. The van der Waals surface area contributed by atoms with Gasteiger partial charge in [0.2, 0.25) is 0 Å². The number of ether oxygens (including phenoxy) is 1. The summed E-state index contributed by atoms with van der Waals surface area (Å²) in [5.74, 6) is -0.183. The molecule has 14 heavy (non-hydrogen) atoms. The zero-order valence-corrected chi connectivity index (χ0v) is 8.58. The van der Waals surface area contributed by atoms with E-state index in [2.05, 4.69) is 4.98 Å². The van der Waals surface area contributed by atoms with Crippen molar-refractivity contribution in [2.45, 2.75) is 13.3 Å². The van der Waals surface area contributed by atoms with Gasteiger partial charge < -0.3 is 4.74 Å². The van der Waals surface area contributed by atoms with Gasteiger partial charge in [0, 0.05) is 23.5 Å². The second-order valence-electron chi connectivity index (χ2n) is 2.80. The summed E-state index contributed by atoms with van der Waals surface area (Å²) < 4.78 is 6.76. The summed E-state index contributed by atoms with van der Waals surface area (Å²) >= 11 is 1.51.